The molecule has 0 aromatic heterocycles. The molecular weight excluding hydrogens is 336 g/mol. The normalized spacial score (nSPS) is 10.3. The number of aliphatic carboxylic acids is 1. The molecule has 2 nitrogen and oxygen atoms in total. The van der Waals surface area contributed by atoms with Crippen molar-refractivity contribution >= 4 is 5.97 Å². The van der Waals surface area contributed by atoms with E-state index in [1.807, 2.05) is 0 Å². The van der Waals surface area contributed by atoms with Crippen LogP contribution in [0.2, 0.25) is 0 Å². The second-order valence-corrected chi connectivity index (χ2v) is 3.22. The molecule has 0 fully saturated rings. The number of carboxylic acids is 1. The van der Waals surface area contributed by atoms with Crippen LogP contribution in [0, 0.1) is 6.07 Å². The molecule has 0 aliphatic heterocycles. The molecule has 0 unspecified atom stereocenters. The van der Waals surface area contributed by atoms with Crippen LogP contribution in [0.5, 0.6) is 0 Å². The SMILES string of the molecule is CC(C)(C(=O)O)c1cc[c-]cc1.[W]. The van der Waals surface area contributed by atoms with Crippen molar-refractivity contribution in [3.05, 3.63) is 35.9 Å². The van der Waals surface area contributed by atoms with Gasteiger partial charge in [-0.2, -0.15) is 30.3 Å². The summed E-state index contributed by atoms with van der Waals surface area (Å²) in [5.41, 5.74) is -0.0106. The van der Waals surface area contributed by atoms with Crippen molar-refractivity contribution < 1.29 is 31.0 Å². The largest absolute Gasteiger partial charge is 0.481 e. The van der Waals surface area contributed by atoms with Gasteiger partial charge in [0.1, 0.15) is 0 Å². The molecular formula is C10H11O2W-. The van der Waals surface area contributed by atoms with Gasteiger partial charge in [-0.25, -0.2) is 0 Å². The van der Waals surface area contributed by atoms with Crippen LogP contribution in [0.25, 0.3) is 0 Å². The van der Waals surface area contributed by atoms with Gasteiger partial charge in [-0.3, -0.25) is 4.79 Å². The summed E-state index contributed by atoms with van der Waals surface area (Å²) in [6.07, 6.45) is 0. The molecule has 1 aromatic carbocycles. The Hall–Kier alpha value is -0.622. The first-order valence-corrected chi connectivity index (χ1v) is 3.75. The van der Waals surface area contributed by atoms with Crippen LogP contribution < -0.4 is 0 Å². The van der Waals surface area contributed by atoms with Crippen molar-refractivity contribution in [2.75, 3.05) is 0 Å². The number of carboxylic acid groups (broad SMARTS) is 1. The van der Waals surface area contributed by atoms with Crippen LogP contribution in [-0.4, -0.2) is 11.1 Å². The Morgan fingerprint density at radius 2 is 1.85 bits per heavy atom. The number of hydrogen-bond donors (Lipinski definition) is 1. The maximum atomic E-state index is 10.8. The molecule has 13 heavy (non-hydrogen) atoms. The summed E-state index contributed by atoms with van der Waals surface area (Å²) in [4.78, 5) is 10.8. The summed E-state index contributed by atoms with van der Waals surface area (Å²) in [5, 5.41) is 8.88. The minimum atomic E-state index is -0.811. The second kappa shape index (κ2) is 4.57. The first kappa shape index (κ1) is 12.4. The van der Waals surface area contributed by atoms with Gasteiger partial charge in [0.2, 0.25) is 0 Å². The summed E-state index contributed by atoms with van der Waals surface area (Å²) < 4.78 is 0. The smallest absolute Gasteiger partial charge is 0.311 e. The van der Waals surface area contributed by atoms with Crippen molar-refractivity contribution in [3.63, 3.8) is 0 Å². The average molecular weight is 347 g/mol. The van der Waals surface area contributed by atoms with Crippen LogP contribution >= 0.6 is 0 Å². The van der Waals surface area contributed by atoms with E-state index >= 15 is 0 Å². The molecule has 0 saturated heterocycles. The van der Waals surface area contributed by atoms with Crippen LogP contribution in [0.15, 0.2) is 24.3 Å². The van der Waals surface area contributed by atoms with E-state index in [2.05, 4.69) is 6.07 Å². The molecule has 0 atom stereocenters. The zero-order valence-corrected chi connectivity index (χ0v) is 10.5. The third-order valence-electron chi connectivity index (χ3n) is 1.97. The van der Waals surface area contributed by atoms with E-state index in [0.717, 1.165) is 5.56 Å². The van der Waals surface area contributed by atoms with E-state index in [1.165, 1.54) is 0 Å². The first-order valence-electron chi connectivity index (χ1n) is 3.75. The summed E-state index contributed by atoms with van der Waals surface area (Å²) in [7, 11) is 0. The van der Waals surface area contributed by atoms with Crippen molar-refractivity contribution in [1.82, 2.24) is 0 Å². The quantitative estimate of drug-likeness (QED) is 0.830. The van der Waals surface area contributed by atoms with E-state index < -0.39 is 11.4 Å². The van der Waals surface area contributed by atoms with Crippen LogP contribution in [0.1, 0.15) is 19.4 Å². The van der Waals surface area contributed by atoms with Crippen LogP contribution in [0.4, 0.5) is 0 Å². The minimum Gasteiger partial charge on any atom is -0.481 e. The Balaban J connectivity index is 0.00000144. The number of carbonyl (C=O) groups is 1. The molecule has 1 rings (SSSR count). The molecule has 0 radical (unpaired) electrons. The molecule has 1 N–H and O–H groups in total. The standard InChI is InChI=1S/C10H11O2.W/c1-10(2,9(11)12)8-6-4-3-5-7-8;/h4-7H,1-2H3,(H,11,12);/q-1;. The van der Waals surface area contributed by atoms with Crippen molar-refractivity contribution in [3.8, 4) is 0 Å². The summed E-state index contributed by atoms with van der Waals surface area (Å²) >= 11 is 0. The van der Waals surface area contributed by atoms with E-state index in [0.29, 0.717) is 0 Å². The van der Waals surface area contributed by atoms with Gasteiger partial charge in [-0.05, 0) is 13.8 Å². The predicted octanol–water partition coefficient (Wildman–Crippen LogP) is 1.85. The van der Waals surface area contributed by atoms with Gasteiger partial charge in [0.15, 0.2) is 0 Å². The summed E-state index contributed by atoms with van der Waals surface area (Å²) in [6, 6.07) is 9.84. The van der Waals surface area contributed by atoms with Gasteiger partial charge >= 0.3 is 5.97 Å². The molecule has 0 bridgehead atoms. The summed E-state index contributed by atoms with van der Waals surface area (Å²) in [5.74, 6) is -0.811. The van der Waals surface area contributed by atoms with Gasteiger partial charge in [-0.15, -0.1) is 5.56 Å². The maximum absolute atomic E-state index is 10.8. The minimum absolute atomic E-state index is 0. The number of benzene rings is 1. The average Bonchev–Trinajstić information content (AvgIpc) is 2.06. The van der Waals surface area contributed by atoms with Crippen molar-refractivity contribution in [2.45, 2.75) is 19.3 Å². The fraction of sp³-hybridized carbons (Fsp3) is 0.300. The Morgan fingerprint density at radius 1 is 1.38 bits per heavy atom. The molecule has 0 aliphatic carbocycles. The molecule has 3 heteroatoms. The monoisotopic (exact) mass is 347 g/mol. The van der Waals surface area contributed by atoms with Gasteiger partial charge in [0.25, 0.3) is 0 Å². The van der Waals surface area contributed by atoms with Crippen molar-refractivity contribution in [2.24, 2.45) is 0 Å². The zero-order valence-electron chi connectivity index (χ0n) is 7.57. The third kappa shape index (κ3) is 2.66. The van der Waals surface area contributed by atoms with E-state index in [-0.39, 0.29) is 21.1 Å². The zero-order chi connectivity index (χ0) is 9.19. The van der Waals surface area contributed by atoms with E-state index in [9.17, 15) is 4.79 Å². The Kier molecular flexibility index (Phi) is 4.35. The molecule has 0 aliphatic rings. The fourth-order valence-electron chi connectivity index (χ4n) is 0.927. The molecule has 0 spiro atoms. The Morgan fingerprint density at radius 3 is 2.23 bits per heavy atom. The fourth-order valence-corrected chi connectivity index (χ4v) is 0.927. The van der Waals surface area contributed by atoms with E-state index in [4.69, 9.17) is 5.11 Å². The predicted molar refractivity (Wildman–Crippen MR) is 45.9 cm³/mol. The molecule has 1 aromatic rings. The summed E-state index contributed by atoms with van der Waals surface area (Å²) in [6.45, 7) is 3.37. The number of hydrogen-bond acceptors (Lipinski definition) is 1. The third-order valence-corrected chi connectivity index (χ3v) is 1.97. The van der Waals surface area contributed by atoms with Crippen LogP contribution in [0.3, 0.4) is 0 Å². The molecule has 0 heterocycles. The molecule has 0 saturated carbocycles. The van der Waals surface area contributed by atoms with Crippen LogP contribution in [-0.2, 0) is 31.3 Å². The molecule has 0 amide bonds. The van der Waals surface area contributed by atoms with E-state index in [1.54, 1.807) is 38.1 Å². The Bertz CT molecular complexity index is 280. The Labute approximate surface area is 92.2 Å². The van der Waals surface area contributed by atoms with Crippen molar-refractivity contribution in [1.29, 1.82) is 0 Å². The van der Waals surface area contributed by atoms with Gasteiger partial charge in [0, 0.05) is 21.1 Å². The molecule has 70 valence electrons. The number of rotatable bonds is 2. The topological polar surface area (TPSA) is 37.3 Å². The van der Waals surface area contributed by atoms with Gasteiger partial charge in [0.05, 0.1) is 5.41 Å². The maximum Gasteiger partial charge on any atom is 0.311 e. The van der Waals surface area contributed by atoms with Gasteiger partial charge < -0.3 is 5.11 Å². The first-order chi connectivity index (χ1) is 5.55. The second-order valence-electron chi connectivity index (χ2n) is 3.22. The van der Waals surface area contributed by atoms with Gasteiger partial charge in [-0.1, -0.05) is 0 Å².